The molecule has 0 aliphatic heterocycles. The molecular formula is C12H13ClO2. The molecule has 80 valence electrons. The largest absolute Gasteiger partial charge is 0.495 e. The molecule has 0 fully saturated rings. The second kappa shape index (κ2) is 5.65. The summed E-state index contributed by atoms with van der Waals surface area (Å²) in [4.78, 5) is 0. The Kier molecular flexibility index (Phi) is 4.48. The third-order valence-corrected chi connectivity index (χ3v) is 2.02. The van der Waals surface area contributed by atoms with Gasteiger partial charge in [-0.05, 0) is 25.1 Å². The molecule has 1 rings (SSSR count). The molecule has 15 heavy (non-hydrogen) atoms. The van der Waals surface area contributed by atoms with Crippen molar-refractivity contribution in [2.45, 2.75) is 19.4 Å². The second-order valence-corrected chi connectivity index (χ2v) is 3.64. The van der Waals surface area contributed by atoms with Crippen molar-refractivity contribution in [3.8, 4) is 17.6 Å². The van der Waals surface area contributed by atoms with E-state index in [-0.39, 0.29) is 0 Å². The number of methoxy groups -OCH3 is 1. The van der Waals surface area contributed by atoms with Crippen LogP contribution in [0.4, 0.5) is 0 Å². The molecule has 0 radical (unpaired) electrons. The highest BCUT2D eigenvalue weighted by molar-refractivity contribution is 6.30. The first-order valence-electron chi connectivity index (χ1n) is 4.64. The fourth-order valence-corrected chi connectivity index (χ4v) is 1.24. The van der Waals surface area contributed by atoms with E-state index >= 15 is 0 Å². The Labute approximate surface area is 94.8 Å². The topological polar surface area (TPSA) is 29.5 Å². The first kappa shape index (κ1) is 11.9. The van der Waals surface area contributed by atoms with E-state index in [4.69, 9.17) is 21.4 Å². The molecule has 0 amide bonds. The van der Waals surface area contributed by atoms with Crippen molar-refractivity contribution in [2.75, 3.05) is 7.11 Å². The maximum absolute atomic E-state index is 9.05. The Bertz CT molecular complexity index is 388. The number of benzene rings is 1. The van der Waals surface area contributed by atoms with Gasteiger partial charge in [-0.3, -0.25) is 0 Å². The fraction of sp³-hybridized carbons (Fsp3) is 0.333. The summed E-state index contributed by atoms with van der Waals surface area (Å²) < 4.78 is 5.13. The summed E-state index contributed by atoms with van der Waals surface area (Å²) in [5, 5.41) is 9.67. The van der Waals surface area contributed by atoms with E-state index in [1.54, 1.807) is 32.2 Å². The minimum atomic E-state index is -0.414. The zero-order valence-electron chi connectivity index (χ0n) is 8.75. The SMILES string of the molecule is COc1ccc(Cl)cc1C#CCC(C)O. The monoisotopic (exact) mass is 224 g/mol. The Hall–Kier alpha value is -1.17. The van der Waals surface area contributed by atoms with Crippen molar-refractivity contribution < 1.29 is 9.84 Å². The molecule has 0 aliphatic carbocycles. The van der Waals surface area contributed by atoms with Gasteiger partial charge in [0.05, 0.1) is 18.8 Å². The van der Waals surface area contributed by atoms with Crippen LogP contribution < -0.4 is 4.74 Å². The Morgan fingerprint density at radius 3 is 2.87 bits per heavy atom. The molecule has 0 bridgehead atoms. The van der Waals surface area contributed by atoms with E-state index in [1.165, 1.54) is 0 Å². The summed E-state index contributed by atoms with van der Waals surface area (Å²) in [7, 11) is 1.59. The number of hydrogen-bond donors (Lipinski definition) is 1. The Balaban J connectivity index is 2.90. The van der Waals surface area contributed by atoms with Gasteiger partial charge in [-0.1, -0.05) is 23.4 Å². The number of hydrogen-bond acceptors (Lipinski definition) is 2. The van der Waals surface area contributed by atoms with Gasteiger partial charge < -0.3 is 9.84 Å². The van der Waals surface area contributed by atoms with Crippen molar-refractivity contribution in [3.63, 3.8) is 0 Å². The molecule has 2 nitrogen and oxygen atoms in total. The lowest BCUT2D eigenvalue weighted by molar-refractivity contribution is 0.201. The average molecular weight is 225 g/mol. The highest BCUT2D eigenvalue weighted by Gasteiger charge is 2.00. The molecule has 0 saturated heterocycles. The Morgan fingerprint density at radius 2 is 2.27 bits per heavy atom. The Morgan fingerprint density at radius 1 is 1.53 bits per heavy atom. The van der Waals surface area contributed by atoms with Crippen LogP contribution in [0.5, 0.6) is 5.75 Å². The highest BCUT2D eigenvalue weighted by atomic mass is 35.5. The lowest BCUT2D eigenvalue weighted by Gasteiger charge is -2.02. The summed E-state index contributed by atoms with van der Waals surface area (Å²) in [5.41, 5.74) is 0.741. The third kappa shape index (κ3) is 3.83. The molecule has 1 aromatic carbocycles. The molecule has 0 spiro atoms. The normalized spacial score (nSPS) is 11.5. The average Bonchev–Trinajstić information content (AvgIpc) is 2.17. The number of aliphatic hydroxyl groups excluding tert-OH is 1. The predicted molar refractivity (Wildman–Crippen MR) is 61.2 cm³/mol. The zero-order valence-corrected chi connectivity index (χ0v) is 9.51. The molecule has 1 atom stereocenters. The van der Waals surface area contributed by atoms with Gasteiger partial charge in [-0.15, -0.1) is 0 Å². The van der Waals surface area contributed by atoms with Crippen LogP contribution in [0.2, 0.25) is 5.02 Å². The van der Waals surface area contributed by atoms with E-state index < -0.39 is 6.10 Å². The van der Waals surface area contributed by atoms with Gasteiger partial charge in [-0.2, -0.15) is 0 Å². The van der Waals surface area contributed by atoms with Crippen molar-refractivity contribution in [1.29, 1.82) is 0 Å². The summed E-state index contributed by atoms with van der Waals surface area (Å²) >= 11 is 5.84. The second-order valence-electron chi connectivity index (χ2n) is 3.20. The van der Waals surface area contributed by atoms with Crippen molar-refractivity contribution in [3.05, 3.63) is 28.8 Å². The molecular weight excluding hydrogens is 212 g/mol. The van der Waals surface area contributed by atoms with Gasteiger partial charge in [0.15, 0.2) is 0 Å². The summed E-state index contributed by atoms with van der Waals surface area (Å²) in [6.45, 7) is 1.70. The summed E-state index contributed by atoms with van der Waals surface area (Å²) in [6.07, 6.45) is 0.0260. The van der Waals surface area contributed by atoms with E-state index in [9.17, 15) is 0 Å². The van der Waals surface area contributed by atoms with Crippen LogP contribution in [0.25, 0.3) is 0 Å². The number of aliphatic hydroxyl groups is 1. The molecule has 1 unspecified atom stereocenters. The molecule has 0 aromatic heterocycles. The van der Waals surface area contributed by atoms with Crippen molar-refractivity contribution in [2.24, 2.45) is 0 Å². The standard InChI is InChI=1S/C12H13ClO2/c1-9(14)4-3-5-10-8-11(13)6-7-12(10)15-2/h6-9,14H,4H2,1-2H3. The van der Waals surface area contributed by atoms with Crippen LogP contribution in [0.1, 0.15) is 18.9 Å². The molecule has 1 N–H and O–H groups in total. The smallest absolute Gasteiger partial charge is 0.134 e. The van der Waals surface area contributed by atoms with Gasteiger partial charge in [-0.25, -0.2) is 0 Å². The zero-order chi connectivity index (χ0) is 11.3. The quantitative estimate of drug-likeness (QED) is 0.783. The third-order valence-electron chi connectivity index (χ3n) is 1.78. The van der Waals surface area contributed by atoms with E-state index in [2.05, 4.69) is 11.8 Å². The lowest BCUT2D eigenvalue weighted by Crippen LogP contribution is -1.96. The van der Waals surface area contributed by atoms with Gasteiger partial charge >= 0.3 is 0 Å². The number of rotatable bonds is 2. The van der Waals surface area contributed by atoms with Crippen LogP contribution in [0.3, 0.4) is 0 Å². The van der Waals surface area contributed by atoms with E-state index in [0.717, 1.165) is 5.56 Å². The molecule has 0 aliphatic rings. The van der Waals surface area contributed by atoms with Gasteiger partial charge in [0.1, 0.15) is 5.75 Å². The molecule has 1 aromatic rings. The minimum absolute atomic E-state index is 0.414. The number of ether oxygens (including phenoxy) is 1. The van der Waals surface area contributed by atoms with Crippen LogP contribution in [-0.2, 0) is 0 Å². The first-order chi connectivity index (χ1) is 7.13. The minimum Gasteiger partial charge on any atom is -0.495 e. The molecule has 3 heteroatoms. The first-order valence-corrected chi connectivity index (χ1v) is 5.01. The van der Waals surface area contributed by atoms with Crippen LogP contribution in [-0.4, -0.2) is 18.3 Å². The maximum Gasteiger partial charge on any atom is 0.134 e. The van der Waals surface area contributed by atoms with Gasteiger partial charge in [0.2, 0.25) is 0 Å². The lowest BCUT2D eigenvalue weighted by atomic mass is 10.2. The fourth-order valence-electron chi connectivity index (χ4n) is 1.07. The van der Waals surface area contributed by atoms with E-state index in [0.29, 0.717) is 17.2 Å². The van der Waals surface area contributed by atoms with Crippen LogP contribution in [0, 0.1) is 11.8 Å². The maximum atomic E-state index is 9.05. The van der Waals surface area contributed by atoms with Gasteiger partial charge in [0, 0.05) is 11.4 Å². The predicted octanol–water partition coefficient (Wildman–Crippen LogP) is 2.47. The number of halogens is 1. The van der Waals surface area contributed by atoms with Gasteiger partial charge in [0.25, 0.3) is 0 Å². The molecule has 0 saturated carbocycles. The van der Waals surface area contributed by atoms with Crippen molar-refractivity contribution >= 4 is 11.6 Å². The van der Waals surface area contributed by atoms with Crippen LogP contribution in [0.15, 0.2) is 18.2 Å². The summed E-state index contributed by atoms with van der Waals surface area (Å²) in [5.74, 6) is 6.47. The summed E-state index contributed by atoms with van der Waals surface area (Å²) in [6, 6.07) is 5.27. The van der Waals surface area contributed by atoms with Crippen molar-refractivity contribution in [1.82, 2.24) is 0 Å². The highest BCUT2D eigenvalue weighted by Crippen LogP contribution is 2.21. The molecule has 0 heterocycles. The van der Waals surface area contributed by atoms with Crippen LogP contribution >= 0.6 is 11.6 Å². The van der Waals surface area contributed by atoms with E-state index in [1.807, 2.05) is 0 Å².